The molecule has 0 saturated heterocycles. The molecule has 0 fully saturated rings. The number of hydrogen-bond donors (Lipinski definition) is 3. The summed E-state index contributed by atoms with van der Waals surface area (Å²) in [7, 11) is -2.01. The molecule has 1 heterocycles. The number of H-pyrrole nitrogens is 1. The van der Waals surface area contributed by atoms with E-state index >= 15 is 0 Å². The van der Waals surface area contributed by atoms with Gasteiger partial charge in [-0.25, -0.2) is 13.4 Å². The van der Waals surface area contributed by atoms with Crippen LogP contribution in [-0.4, -0.2) is 37.3 Å². The molecule has 0 saturated carbocycles. The van der Waals surface area contributed by atoms with E-state index in [9.17, 15) is 13.2 Å². The van der Waals surface area contributed by atoms with Gasteiger partial charge in [0.05, 0.1) is 29.6 Å². The molecule has 3 rings (SSSR count). The van der Waals surface area contributed by atoms with Gasteiger partial charge in [-0.1, -0.05) is 6.07 Å². The largest absolute Gasteiger partial charge is 0.497 e. The maximum absolute atomic E-state index is 12.8. The van der Waals surface area contributed by atoms with Crippen molar-refractivity contribution in [3.63, 3.8) is 0 Å². The Bertz CT molecular complexity index is 1130. The summed E-state index contributed by atoms with van der Waals surface area (Å²) in [5, 5.41) is 2.90. The third-order valence-corrected chi connectivity index (χ3v) is 6.24. The minimum Gasteiger partial charge on any atom is -0.497 e. The van der Waals surface area contributed by atoms with Crippen molar-refractivity contribution >= 4 is 26.8 Å². The quantitative estimate of drug-likeness (QED) is 0.553. The maximum Gasteiger partial charge on any atom is 0.250 e. The third-order valence-electron chi connectivity index (χ3n) is 4.39. The standard InChI is InChI=1S/C19H22N4O4S/c1-11-7-13(27-3)8-12(2)18(11)28(25,26)10-21-9-16-22-15-6-4-5-14(19(20)24)17(15)23-16/h4-8,21H,9-10H2,1-3H3,(H2,20,24)(H,22,23). The number of sulfone groups is 1. The summed E-state index contributed by atoms with van der Waals surface area (Å²) >= 11 is 0. The van der Waals surface area contributed by atoms with Gasteiger partial charge in [-0.3, -0.25) is 10.1 Å². The number of aromatic amines is 1. The Hall–Kier alpha value is -2.91. The highest BCUT2D eigenvalue weighted by Gasteiger charge is 2.20. The molecular formula is C19H22N4O4S. The number of primary amides is 1. The molecule has 0 atom stereocenters. The van der Waals surface area contributed by atoms with Crippen LogP contribution in [0.4, 0.5) is 0 Å². The molecule has 8 nitrogen and oxygen atoms in total. The second-order valence-electron chi connectivity index (χ2n) is 6.53. The molecular weight excluding hydrogens is 380 g/mol. The fourth-order valence-electron chi connectivity index (χ4n) is 3.26. The SMILES string of the molecule is COc1cc(C)c(S(=O)(=O)CNCc2nc3c(C(N)=O)cccc3[nH]2)c(C)c1. The molecule has 9 heteroatoms. The van der Waals surface area contributed by atoms with Crippen LogP contribution in [0, 0.1) is 13.8 Å². The highest BCUT2D eigenvalue weighted by atomic mass is 32.2. The van der Waals surface area contributed by atoms with E-state index in [1.54, 1.807) is 51.3 Å². The zero-order chi connectivity index (χ0) is 20.5. The summed E-state index contributed by atoms with van der Waals surface area (Å²) in [6, 6.07) is 8.48. The number of aryl methyl sites for hydroxylation is 2. The number of methoxy groups -OCH3 is 1. The second kappa shape index (κ2) is 7.61. The van der Waals surface area contributed by atoms with Gasteiger partial charge in [-0.05, 0) is 49.2 Å². The molecule has 0 bridgehead atoms. The van der Waals surface area contributed by atoms with Crippen molar-refractivity contribution in [3.8, 4) is 5.75 Å². The minimum atomic E-state index is -3.55. The van der Waals surface area contributed by atoms with Gasteiger partial charge < -0.3 is 15.5 Å². The molecule has 4 N–H and O–H groups in total. The predicted octanol–water partition coefficient (Wildman–Crippen LogP) is 1.81. The molecule has 1 aromatic heterocycles. The van der Waals surface area contributed by atoms with Gasteiger partial charge in [0.1, 0.15) is 23.0 Å². The van der Waals surface area contributed by atoms with E-state index in [4.69, 9.17) is 10.5 Å². The lowest BCUT2D eigenvalue weighted by Gasteiger charge is -2.13. The topological polar surface area (TPSA) is 127 Å². The third kappa shape index (κ3) is 3.85. The highest BCUT2D eigenvalue weighted by molar-refractivity contribution is 7.91. The number of hydrogen-bond acceptors (Lipinski definition) is 6. The zero-order valence-electron chi connectivity index (χ0n) is 15.9. The van der Waals surface area contributed by atoms with Crippen LogP contribution in [0.15, 0.2) is 35.2 Å². The van der Waals surface area contributed by atoms with E-state index in [-0.39, 0.29) is 12.4 Å². The molecule has 28 heavy (non-hydrogen) atoms. The number of fused-ring (bicyclic) bond motifs is 1. The minimum absolute atomic E-state index is 0.195. The summed E-state index contributed by atoms with van der Waals surface area (Å²) in [4.78, 5) is 19.2. The molecule has 0 aliphatic rings. The first-order valence-corrected chi connectivity index (χ1v) is 10.2. The van der Waals surface area contributed by atoms with Gasteiger partial charge in [0.25, 0.3) is 5.91 Å². The van der Waals surface area contributed by atoms with Gasteiger partial charge in [0, 0.05) is 0 Å². The average Bonchev–Trinajstić information content (AvgIpc) is 3.02. The molecule has 0 spiro atoms. The van der Waals surface area contributed by atoms with Crippen molar-refractivity contribution < 1.29 is 17.9 Å². The van der Waals surface area contributed by atoms with Crippen molar-refractivity contribution in [2.45, 2.75) is 25.3 Å². The van der Waals surface area contributed by atoms with Gasteiger partial charge in [-0.2, -0.15) is 0 Å². The van der Waals surface area contributed by atoms with Crippen LogP contribution in [0.25, 0.3) is 11.0 Å². The van der Waals surface area contributed by atoms with Gasteiger partial charge in [-0.15, -0.1) is 0 Å². The fourth-order valence-corrected chi connectivity index (χ4v) is 4.87. The van der Waals surface area contributed by atoms with Gasteiger partial charge in [0.2, 0.25) is 0 Å². The number of amides is 1. The number of nitrogens with two attached hydrogens (primary N) is 1. The van der Waals surface area contributed by atoms with Crippen molar-refractivity contribution in [2.24, 2.45) is 5.73 Å². The van der Waals surface area contributed by atoms with Crippen LogP contribution in [0.3, 0.4) is 0 Å². The highest BCUT2D eigenvalue weighted by Crippen LogP contribution is 2.26. The van der Waals surface area contributed by atoms with Crippen molar-refractivity contribution in [1.29, 1.82) is 0 Å². The number of nitrogens with one attached hydrogen (secondary N) is 2. The number of nitrogens with zero attached hydrogens (tertiary/aromatic N) is 1. The molecule has 2 aromatic carbocycles. The van der Waals surface area contributed by atoms with E-state index in [1.807, 2.05) is 0 Å². The molecule has 148 valence electrons. The number of para-hydroxylation sites is 1. The lowest BCUT2D eigenvalue weighted by atomic mass is 10.1. The lowest BCUT2D eigenvalue weighted by Crippen LogP contribution is -2.24. The Labute approximate surface area is 163 Å². The summed E-state index contributed by atoms with van der Waals surface area (Å²) in [6.07, 6.45) is 0. The number of ether oxygens (including phenoxy) is 1. The predicted molar refractivity (Wildman–Crippen MR) is 106 cm³/mol. The van der Waals surface area contributed by atoms with Gasteiger partial charge in [0.15, 0.2) is 9.84 Å². The molecule has 0 aliphatic carbocycles. The molecule has 3 aromatic rings. The first-order valence-electron chi connectivity index (χ1n) is 8.59. The Morgan fingerprint density at radius 1 is 1.25 bits per heavy atom. The second-order valence-corrected chi connectivity index (χ2v) is 8.45. The molecule has 0 aliphatic heterocycles. The molecule has 0 unspecified atom stereocenters. The monoisotopic (exact) mass is 402 g/mol. The van der Waals surface area contributed by atoms with E-state index in [0.29, 0.717) is 44.2 Å². The van der Waals surface area contributed by atoms with Gasteiger partial charge >= 0.3 is 0 Å². The fraction of sp³-hybridized carbons (Fsp3) is 0.263. The smallest absolute Gasteiger partial charge is 0.250 e. The van der Waals surface area contributed by atoms with Crippen LogP contribution in [0.5, 0.6) is 5.75 Å². The van der Waals surface area contributed by atoms with Crippen LogP contribution < -0.4 is 15.8 Å². The summed E-state index contributed by atoms with van der Waals surface area (Å²) in [5.41, 5.74) is 8.08. The number of carbonyl (C=O) groups excluding carboxylic acids is 1. The summed E-state index contributed by atoms with van der Waals surface area (Å²) < 4.78 is 30.8. The number of rotatable bonds is 7. The van der Waals surface area contributed by atoms with Crippen molar-refractivity contribution in [1.82, 2.24) is 15.3 Å². The first kappa shape index (κ1) is 19.8. The first-order chi connectivity index (χ1) is 13.2. The normalized spacial score (nSPS) is 11.7. The van der Waals surface area contributed by atoms with Crippen LogP contribution in [-0.2, 0) is 16.4 Å². The Morgan fingerprint density at radius 3 is 2.54 bits per heavy atom. The Kier molecular flexibility index (Phi) is 5.39. The number of aromatic nitrogens is 2. The number of imidazole rings is 1. The van der Waals surface area contributed by atoms with Crippen molar-refractivity contribution in [3.05, 3.63) is 52.8 Å². The Balaban J connectivity index is 1.77. The molecule has 1 amide bonds. The van der Waals surface area contributed by atoms with E-state index in [2.05, 4.69) is 15.3 Å². The lowest BCUT2D eigenvalue weighted by molar-refractivity contribution is 0.100. The van der Waals surface area contributed by atoms with Crippen LogP contribution in [0.1, 0.15) is 27.3 Å². The number of benzene rings is 2. The van der Waals surface area contributed by atoms with Crippen LogP contribution >= 0.6 is 0 Å². The number of carbonyl (C=O) groups is 1. The van der Waals surface area contributed by atoms with Crippen molar-refractivity contribution in [2.75, 3.05) is 13.0 Å². The Morgan fingerprint density at radius 2 is 1.93 bits per heavy atom. The van der Waals surface area contributed by atoms with Crippen LogP contribution in [0.2, 0.25) is 0 Å². The van der Waals surface area contributed by atoms with E-state index in [1.165, 1.54) is 0 Å². The average molecular weight is 402 g/mol. The van der Waals surface area contributed by atoms with E-state index < -0.39 is 15.7 Å². The summed E-state index contributed by atoms with van der Waals surface area (Å²) in [5.74, 6) is 0.321. The maximum atomic E-state index is 12.8. The molecule has 0 radical (unpaired) electrons. The zero-order valence-corrected chi connectivity index (χ0v) is 16.7. The van der Waals surface area contributed by atoms with E-state index in [0.717, 1.165) is 0 Å². The summed E-state index contributed by atoms with van der Waals surface area (Å²) in [6.45, 7) is 3.68.